The van der Waals surface area contributed by atoms with E-state index in [1.807, 2.05) is 24.3 Å². The lowest BCUT2D eigenvalue weighted by Crippen LogP contribution is -2.38. The van der Waals surface area contributed by atoms with Crippen molar-refractivity contribution in [1.29, 1.82) is 0 Å². The van der Waals surface area contributed by atoms with E-state index < -0.39 is 5.60 Å². The number of nitrogens with zero attached hydrogens (tertiary/aromatic N) is 1. The van der Waals surface area contributed by atoms with E-state index in [2.05, 4.69) is 0 Å². The molecule has 4 rings (SSSR count). The van der Waals surface area contributed by atoms with Gasteiger partial charge < -0.3 is 4.74 Å². The maximum atomic E-state index is 13.0. The van der Waals surface area contributed by atoms with Crippen molar-refractivity contribution in [2.45, 2.75) is 37.8 Å². The molecule has 1 aliphatic heterocycles. The maximum absolute atomic E-state index is 13.0. The van der Waals surface area contributed by atoms with Gasteiger partial charge in [0.25, 0.3) is 0 Å². The summed E-state index contributed by atoms with van der Waals surface area (Å²) in [5.41, 5.74) is 2.47. The molecule has 1 amide bonds. The quantitative estimate of drug-likeness (QED) is 0.825. The summed E-state index contributed by atoms with van der Waals surface area (Å²) >= 11 is 0. The van der Waals surface area contributed by atoms with Crippen LogP contribution in [0.25, 0.3) is 11.1 Å². The number of carbonyl (C=O) groups excluding carboxylic acids is 2. The fraction of sp³-hybridized carbons (Fsp3) is 0.333. The molecule has 1 saturated carbocycles. The van der Waals surface area contributed by atoms with Gasteiger partial charge >= 0.3 is 6.09 Å². The molecule has 2 fully saturated rings. The molecule has 2 aromatic carbocycles. The minimum absolute atomic E-state index is 0.251. The van der Waals surface area contributed by atoms with Crippen LogP contribution >= 0.6 is 0 Å². The molecule has 0 unspecified atom stereocenters. The number of amides is 1. The maximum Gasteiger partial charge on any atom is 0.410 e. The first-order chi connectivity index (χ1) is 12.5. The van der Waals surface area contributed by atoms with Gasteiger partial charge in [-0.15, -0.1) is 0 Å². The van der Waals surface area contributed by atoms with Gasteiger partial charge in [0.1, 0.15) is 17.2 Å². The zero-order chi connectivity index (χ0) is 18.1. The molecule has 4 nitrogen and oxygen atoms in total. The fourth-order valence-electron chi connectivity index (χ4n) is 3.72. The number of ether oxygens (including phenoxy) is 1. The largest absolute Gasteiger partial charge is 0.441 e. The molecule has 1 heterocycles. The second-order valence-electron chi connectivity index (χ2n) is 7.15. The number of hydrogen-bond donors (Lipinski definition) is 0. The van der Waals surface area contributed by atoms with Crippen LogP contribution in [0.2, 0.25) is 0 Å². The molecule has 1 spiro atoms. The van der Waals surface area contributed by atoms with Crippen LogP contribution in [-0.4, -0.2) is 28.9 Å². The Labute approximate surface area is 151 Å². The molecule has 5 heteroatoms. The highest BCUT2D eigenvalue weighted by Crippen LogP contribution is 2.36. The Morgan fingerprint density at radius 2 is 1.50 bits per heavy atom. The van der Waals surface area contributed by atoms with Crippen LogP contribution in [0.1, 0.15) is 31.2 Å². The number of carbonyl (C=O) groups is 2. The number of halogens is 1. The Morgan fingerprint density at radius 1 is 0.923 bits per heavy atom. The molecule has 0 N–H and O–H groups in total. The van der Waals surface area contributed by atoms with E-state index in [4.69, 9.17) is 4.74 Å². The van der Waals surface area contributed by atoms with Gasteiger partial charge in [0, 0.05) is 19.4 Å². The van der Waals surface area contributed by atoms with Crippen molar-refractivity contribution in [2.24, 2.45) is 0 Å². The average Bonchev–Trinajstić information content (AvgIpc) is 2.95. The Morgan fingerprint density at radius 3 is 2.12 bits per heavy atom. The molecular formula is C21H20FNO3. The van der Waals surface area contributed by atoms with Gasteiger partial charge in [0.05, 0.1) is 6.54 Å². The summed E-state index contributed by atoms with van der Waals surface area (Å²) in [7, 11) is 0. The summed E-state index contributed by atoms with van der Waals surface area (Å²) in [6, 6.07) is 14.3. The molecule has 134 valence electrons. The smallest absolute Gasteiger partial charge is 0.410 e. The van der Waals surface area contributed by atoms with Crippen molar-refractivity contribution in [1.82, 2.24) is 4.90 Å². The van der Waals surface area contributed by atoms with Crippen LogP contribution < -0.4 is 0 Å². The molecule has 2 aliphatic rings. The Bertz CT molecular complexity index is 819. The van der Waals surface area contributed by atoms with Crippen LogP contribution in [-0.2, 0) is 16.1 Å². The van der Waals surface area contributed by atoms with E-state index in [-0.39, 0.29) is 17.7 Å². The number of benzene rings is 2. The molecule has 26 heavy (non-hydrogen) atoms. The molecule has 2 aromatic rings. The monoisotopic (exact) mass is 353 g/mol. The molecule has 0 atom stereocenters. The first-order valence-corrected chi connectivity index (χ1v) is 8.88. The SMILES string of the molecule is O=C1CCC2(CC1)CN(Cc1ccc(-c3ccc(F)cc3)cc1)C(=O)O2. The van der Waals surface area contributed by atoms with E-state index in [1.54, 1.807) is 17.0 Å². The van der Waals surface area contributed by atoms with E-state index in [0.29, 0.717) is 38.8 Å². The van der Waals surface area contributed by atoms with Crippen LogP contribution in [0.3, 0.4) is 0 Å². The molecular weight excluding hydrogens is 333 g/mol. The highest BCUT2D eigenvalue weighted by Gasteiger charge is 2.46. The van der Waals surface area contributed by atoms with Gasteiger partial charge in [-0.1, -0.05) is 36.4 Å². The van der Waals surface area contributed by atoms with Crippen molar-refractivity contribution in [2.75, 3.05) is 6.54 Å². The van der Waals surface area contributed by atoms with E-state index in [9.17, 15) is 14.0 Å². The van der Waals surface area contributed by atoms with Gasteiger partial charge in [0.15, 0.2) is 0 Å². The first-order valence-electron chi connectivity index (χ1n) is 8.88. The summed E-state index contributed by atoms with van der Waals surface area (Å²) in [6.07, 6.45) is 1.93. The predicted molar refractivity (Wildman–Crippen MR) is 94.9 cm³/mol. The van der Waals surface area contributed by atoms with Gasteiger partial charge in [-0.2, -0.15) is 0 Å². The summed E-state index contributed by atoms with van der Waals surface area (Å²) in [4.78, 5) is 25.4. The zero-order valence-electron chi connectivity index (χ0n) is 14.4. The number of hydrogen-bond acceptors (Lipinski definition) is 3. The van der Waals surface area contributed by atoms with Gasteiger partial charge in [-0.25, -0.2) is 9.18 Å². The topological polar surface area (TPSA) is 46.6 Å². The average molecular weight is 353 g/mol. The van der Waals surface area contributed by atoms with Crippen LogP contribution in [0.4, 0.5) is 9.18 Å². The van der Waals surface area contributed by atoms with Gasteiger partial charge in [0.2, 0.25) is 0 Å². The minimum Gasteiger partial charge on any atom is -0.441 e. The lowest BCUT2D eigenvalue weighted by Gasteiger charge is -2.30. The van der Waals surface area contributed by atoms with Gasteiger partial charge in [-0.3, -0.25) is 9.69 Å². The third-order valence-electron chi connectivity index (χ3n) is 5.26. The molecule has 0 radical (unpaired) electrons. The minimum atomic E-state index is -0.487. The van der Waals surface area contributed by atoms with Crippen LogP contribution in [0.15, 0.2) is 48.5 Å². The molecule has 0 bridgehead atoms. The normalized spacial score (nSPS) is 19.0. The fourth-order valence-corrected chi connectivity index (χ4v) is 3.72. The summed E-state index contributed by atoms with van der Waals surface area (Å²) in [6.45, 7) is 1.02. The highest BCUT2D eigenvalue weighted by molar-refractivity contribution is 5.80. The molecule has 1 saturated heterocycles. The molecule has 1 aliphatic carbocycles. The second kappa shape index (κ2) is 6.56. The Hall–Kier alpha value is -2.69. The first kappa shape index (κ1) is 16.8. The van der Waals surface area contributed by atoms with Crippen molar-refractivity contribution in [3.63, 3.8) is 0 Å². The summed E-state index contributed by atoms with van der Waals surface area (Å²) in [5.74, 6) is -0.00207. The summed E-state index contributed by atoms with van der Waals surface area (Å²) in [5, 5.41) is 0. The van der Waals surface area contributed by atoms with Crippen LogP contribution in [0, 0.1) is 5.82 Å². The highest BCUT2D eigenvalue weighted by atomic mass is 19.1. The Balaban J connectivity index is 1.43. The van der Waals surface area contributed by atoms with Gasteiger partial charge in [-0.05, 0) is 41.7 Å². The summed E-state index contributed by atoms with van der Waals surface area (Å²) < 4.78 is 18.7. The predicted octanol–water partition coefficient (Wildman–Crippen LogP) is 4.33. The lowest BCUT2D eigenvalue weighted by atomic mass is 9.84. The lowest BCUT2D eigenvalue weighted by molar-refractivity contribution is -0.124. The third kappa shape index (κ3) is 3.34. The second-order valence-corrected chi connectivity index (χ2v) is 7.15. The van der Waals surface area contributed by atoms with Crippen molar-refractivity contribution in [3.05, 3.63) is 59.9 Å². The number of ketones is 1. The van der Waals surface area contributed by atoms with E-state index in [1.165, 1.54) is 12.1 Å². The van der Waals surface area contributed by atoms with E-state index >= 15 is 0 Å². The van der Waals surface area contributed by atoms with Crippen LogP contribution in [0.5, 0.6) is 0 Å². The van der Waals surface area contributed by atoms with E-state index in [0.717, 1.165) is 16.7 Å². The zero-order valence-corrected chi connectivity index (χ0v) is 14.4. The number of Topliss-reactive ketones (excluding diaryl/α,β-unsaturated/α-hetero) is 1. The standard InChI is InChI=1S/C21H20FNO3/c22-18-7-5-17(6-8-18)16-3-1-15(2-4-16)13-23-14-21(26-20(23)25)11-9-19(24)10-12-21/h1-8H,9-14H2. The Kier molecular flexibility index (Phi) is 4.23. The van der Waals surface area contributed by atoms with Crippen molar-refractivity contribution < 1.29 is 18.7 Å². The number of rotatable bonds is 3. The molecule has 0 aromatic heterocycles. The third-order valence-corrected chi connectivity index (χ3v) is 5.26. The van der Waals surface area contributed by atoms with Crippen molar-refractivity contribution in [3.8, 4) is 11.1 Å². The van der Waals surface area contributed by atoms with Crippen molar-refractivity contribution >= 4 is 11.9 Å².